The Morgan fingerprint density at radius 3 is 2.65 bits per heavy atom. The number of halogens is 3. The topological polar surface area (TPSA) is 38.9 Å². The molecule has 0 amide bonds. The minimum absolute atomic E-state index is 0.365. The molecule has 0 aliphatic carbocycles. The summed E-state index contributed by atoms with van der Waals surface area (Å²) < 4.78 is 12.9. The van der Waals surface area contributed by atoms with E-state index in [0.29, 0.717) is 22.3 Å². The standard InChI is InChI=1S/C12H9Cl2FN2/c13-9-4-8(12(16)17-6-9)3-7-1-2-10(15)5-11(7)14/h1-2,4-6H,3H2,(H2,16,17). The lowest BCUT2D eigenvalue weighted by Crippen LogP contribution is -1.99. The van der Waals surface area contributed by atoms with Gasteiger partial charge in [-0.15, -0.1) is 0 Å². The van der Waals surface area contributed by atoms with Crippen LogP contribution in [0.1, 0.15) is 11.1 Å². The lowest BCUT2D eigenvalue weighted by Gasteiger charge is -2.07. The number of pyridine rings is 1. The van der Waals surface area contributed by atoms with Gasteiger partial charge in [0.15, 0.2) is 0 Å². The lowest BCUT2D eigenvalue weighted by molar-refractivity contribution is 0.627. The molecular weight excluding hydrogens is 262 g/mol. The molecule has 1 heterocycles. The van der Waals surface area contributed by atoms with E-state index in [4.69, 9.17) is 28.9 Å². The molecule has 2 rings (SSSR count). The van der Waals surface area contributed by atoms with Gasteiger partial charge in [0.25, 0.3) is 0 Å². The van der Waals surface area contributed by atoms with Crippen molar-refractivity contribution in [3.8, 4) is 0 Å². The molecule has 0 aliphatic rings. The highest BCUT2D eigenvalue weighted by molar-refractivity contribution is 6.31. The van der Waals surface area contributed by atoms with E-state index in [2.05, 4.69) is 4.98 Å². The van der Waals surface area contributed by atoms with Crippen molar-refractivity contribution in [1.29, 1.82) is 0 Å². The van der Waals surface area contributed by atoms with Crippen molar-refractivity contribution in [2.24, 2.45) is 0 Å². The summed E-state index contributed by atoms with van der Waals surface area (Å²) in [5.41, 5.74) is 7.28. The van der Waals surface area contributed by atoms with Crippen LogP contribution in [0.3, 0.4) is 0 Å². The van der Waals surface area contributed by atoms with E-state index in [1.54, 1.807) is 12.1 Å². The maximum absolute atomic E-state index is 12.9. The Labute approximate surface area is 108 Å². The fraction of sp³-hybridized carbons (Fsp3) is 0.0833. The van der Waals surface area contributed by atoms with Gasteiger partial charge >= 0.3 is 0 Å². The number of nitrogen functional groups attached to an aromatic ring is 1. The number of benzene rings is 1. The van der Waals surface area contributed by atoms with Crippen LogP contribution in [0.4, 0.5) is 10.2 Å². The van der Waals surface area contributed by atoms with E-state index in [9.17, 15) is 4.39 Å². The zero-order valence-corrected chi connectivity index (χ0v) is 10.3. The second kappa shape index (κ2) is 4.90. The summed E-state index contributed by atoms with van der Waals surface area (Å²) in [4.78, 5) is 3.95. The fourth-order valence-electron chi connectivity index (χ4n) is 1.50. The number of nitrogens with zero attached hydrogens (tertiary/aromatic N) is 1. The Balaban J connectivity index is 2.34. The zero-order chi connectivity index (χ0) is 12.4. The molecule has 0 atom stereocenters. The second-order valence-corrected chi connectivity index (χ2v) is 4.45. The van der Waals surface area contributed by atoms with Gasteiger partial charge < -0.3 is 5.73 Å². The third-order valence-electron chi connectivity index (χ3n) is 2.36. The summed E-state index contributed by atoms with van der Waals surface area (Å²) in [7, 11) is 0. The maximum Gasteiger partial charge on any atom is 0.126 e. The van der Waals surface area contributed by atoms with Crippen LogP contribution in [-0.2, 0) is 6.42 Å². The van der Waals surface area contributed by atoms with Gasteiger partial charge in [0.1, 0.15) is 11.6 Å². The van der Waals surface area contributed by atoms with Crippen LogP contribution in [0.15, 0.2) is 30.5 Å². The van der Waals surface area contributed by atoms with Gasteiger partial charge in [-0.1, -0.05) is 29.3 Å². The number of hydrogen-bond acceptors (Lipinski definition) is 2. The van der Waals surface area contributed by atoms with Crippen molar-refractivity contribution in [1.82, 2.24) is 4.98 Å². The van der Waals surface area contributed by atoms with E-state index in [-0.39, 0.29) is 5.82 Å². The Bertz CT molecular complexity index is 558. The molecule has 0 radical (unpaired) electrons. The van der Waals surface area contributed by atoms with Gasteiger partial charge in [-0.05, 0) is 23.8 Å². The van der Waals surface area contributed by atoms with Crippen LogP contribution in [0.2, 0.25) is 10.0 Å². The van der Waals surface area contributed by atoms with E-state index >= 15 is 0 Å². The summed E-state index contributed by atoms with van der Waals surface area (Å²) in [5, 5.41) is 0.872. The van der Waals surface area contributed by atoms with Crippen LogP contribution < -0.4 is 5.73 Å². The normalized spacial score (nSPS) is 10.5. The van der Waals surface area contributed by atoms with Crippen LogP contribution in [-0.4, -0.2) is 4.98 Å². The molecular formula is C12H9Cl2FN2. The first-order chi connectivity index (χ1) is 8.06. The average molecular weight is 271 g/mol. The maximum atomic E-state index is 12.9. The van der Waals surface area contributed by atoms with E-state index in [1.807, 2.05) is 0 Å². The van der Waals surface area contributed by atoms with Crippen LogP contribution in [0.5, 0.6) is 0 Å². The smallest absolute Gasteiger partial charge is 0.126 e. The largest absolute Gasteiger partial charge is 0.383 e. The Morgan fingerprint density at radius 2 is 1.94 bits per heavy atom. The number of anilines is 1. The Morgan fingerprint density at radius 1 is 1.18 bits per heavy atom. The first-order valence-corrected chi connectivity index (χ1v) is 5.65. The summed E-state index contributed by atoms with van der Waals surface area (Å²) in [5.74, 6) is 0.0331. The van der Waals surface area contributed by atoms with Crippen molar-refractivity contribution in [3.05, 3.63) is 57.5 Å². The predicted octanol–water partition coefficient (Wildman–Crippen LogP) is 3.70. The quantitative estimate of drug-likeness (QED) is 0.904. The highest BCUT2D eigenvalue weighted by Gasteiger charge is 2.07. The molecule has 0 aliphatic heterocycles. The Kier molecular flexibility index (Phi) is 3.50. The molecule has 88 valence electrons. The van der Waals surface area contributed by atoms with Crippen LogP contribution in [0, 0.1) is 5.82 Å². The molecule has 5 heteroatoms. The molecule has 0 saturated heterocycles. The predicted molar refractivity (Wildman–Crippen MR) is 67.9 cm³/mol. The van der Waals surface area contributed by atoms with Crippen molar-refractivity contribution in [2.45, 2.75) is 6.42 Å². The zero-order valence-electron chi connectivity index (χ0n) is 8.75. The van der Waals surface area contributed by atoms with Gasteiger partial charge in [0.2, 0.25) is 0 Å². The summed E-state index contributed by atoms with van der Waals surface area (Å²) in [6, 6.07) is 5.97. The first-order valence-electron chi connectivity index (χ1n) is 4.90. The van der Waals surface area contributed by atoms with Crippen LogP contribution in [0.25, 0.3) is 0 Å². The van der Waals surface area contributed by atoms with E-state index in [0.717, 1.165) is 11.1 Å². The summed E-state index contributed by atoms with van der Waals surface area (Å²) >= 11 is 11.8. The highest BCUT2D eigenvalue weighted by Crippen LogP contribution is 2.23. The van der Waals surface area contributed by atoms with Crippen molar-refractivity contribution >= 4 is 29.0 Å². The van der Waals surface area contributed by atoms with E-state index in [1.165, 1.54) is 18.3 Å². The minimum atomic E-state index is -0.365. The molecule has 2 aromatic rings. The third-order valence-corrected chi connectivity index (χ3v) is 2.92. The van der Waals surface area contributed by atoms with Crippen molar-refractivity contribution in [3.63, 3.8) is 0 Å². The minimum Gasteiger partial charge on any atom is -0.383 e. The molecule has 0 saturated carbocycles. The van der Waals surface area contributed by atoms with Crippen molar-refractivity contribution in [2.75, 3.05) is 5.73 Å². The number of hydrogen-bond donors (Lipinski definition) is 1. The van der Waals surface area contributed by atoms with Gasteiger partial charge in [-0.25, -0.2) is 9.37 Å². The molecule has 2 nitrogen and oxygen atoms in total. The number of aromatic nitrogens is 1. The van der Waals surface area contributed by atoms with Gasteiger partial charge in [0.05, 0.1) is 5.02 Å². The molecule has 0 bridgehead atoms. The summed E-state index contributed by atoms with van der Waals surface area (Å²) in [6.07, 6.45) is 1.95. The first kappa shape index (κ1) is 12.1. The molecule has 0 spiro atoms. The van der Waals surface area contributed by atoms with Gasteiger partial charge in [-0.2, -0.15) is 0 Å². The Hall–Kier alpha value is -1.32. The van der Waals surface area contributed by atoms with Crippen LogP contribution >= 0.6 is 23.2 Å². The van der Waals surface area contributed by atoms with Crippen molar-refractivity contribution < 1.29 is 4.39 Å². The molecule has 1 aromatic heterocycles. The average Bonchev–Trinajstić information content (AvgIpc) is 2.27. The van der Waals surface area contributed by atoms with Gasteiger partial charge in [-0.3, -0.25) is 0 Å². The lowest BCUT2D eigenvalue weighted by atomic mass is 10.1. The molecule has 0 fully saturated rings. The monoisotopic (exact) mass is 270 g/mol. The van der Waals surface area contributed by atoms with E-state index < -0.39 is 0 Å². The third kappa shape index (κ3) is 2.87. The fourth-order valence-corrected chi connectivity index (χ4v) is 1.92. The number of nitrogens with two attached hydrogens (primary N) is 1. The number of rotatable bonds is 2. The van der Waals surface area contributed by atoms with Gasteiger partial charge in [0, 0.05) is 23.2 Å². The second-order valence-electron chi connectivity index (χ2n) is 3.61. The molecule has 2 N–H and O–H groups in total. The molecule has 1 aromatic carbocycles. The molecule has 17 heavy (non-hydrogen) atoms. The molecule has 0 unspecified atom stereocenters. The summed E-state index contributed by atoms with van der Waals surface area (Å²) in [6.45, 7) is 0. The SMILES string of the molecule is Nc1ncc(Cl)cc1Cc1ccc(F)cc1Cl. The highest BCUT2D eigenvalue weighted by atomic mass is 35.5.